The predicted octanol–water partition coefficient (Wildman–Crippen LogP) is 5.08. The van der Waals surface area contributed by atoms with Gasteiger partial charge in [-0.1, -0.05) is 35.3 Å². The van der Waals surface area contributed by atoms with Gasteiger partial charge < -0.3 is 9.84 Å². The SMILES string of the molecule is O=C1NC(=O)N(c2ccc(O)cc2)C(=O)/C1=C/c1cc(Cl)c(OCc2cccc(F)c2)c(Cl)c1. The summed E-state index contributed by atoms with van der Waals surface area (Å²) in [6, 6.07) is 13.1. The Hall–Kier alpha value is -3.88. The molecule has 7 nitrogen and oxygen atoms in total. The van der Waals surface area contributed by atoms with Crippen LogP contribution in [0.3, 0.4) is 0 Å². The molecule has 4 amide bonds. The van der Waals surface area contributed by atoms with Gasteiger partial charge in [0, 0.05) is 0 Å². The lowest BCUT2D eigenvalue weighted by Gasteiger charge is -2.26. The standard InChI is InChI=1S/C24H15Cl2FN2O5/c25-19-10-14(11-20(26)21(19)34-12-13-2-1-3-15(27)8-13)9-18-22(31)28-24(33)29(23(18)32)16-4-6-17(30)7-5-16/h1-11,30H,12H2,(H,28,31,33)/b18-9+. The van der Waals surface area contributed by atoms with E-state index in [1.165, 1.54) is 54.6 Å². The van der Waals surface area contributed by atoms with Crippen LogP contribution in [-0.2, 0) is 16.2 Å². The molecule has 1 aliphatic heterocycles. The molecule has 34 heavy (non-hydrogen) atoms. The Morgan fingerprint density at radius 3 is 2.32 bits per heavy atom. The molecule has 3 aromatic carbocycles. The highest BCUT2D eigenvalue weighted by Gasteiger charge is 2.36. The van der Waals surface area contributed by atoms with Crippen LogP contribution >= 0.6 is 23.2 Å². The molecular weight excluding hydrogens is 486 g/mol. The average molecular weight is 501 g/mol. The van der Waals surface area contributed by atoms with Crippen molar-refractivity contribution in [1.29, 1.82) is 0 Å². The zero-order valence-electron chi connectivity index (χ0n) is 17.2. The fourth-order valence-corrected chi connectivity index (χ4v) is 3.86. The Balaban J connectivity index is 1.60. The fourth-order valence-electron chi connectivity index (χ4n) is 3.24. The third-order valence-corrected chi connectivity index (χ3v) is 5.37. The second-order valence-corrected chi connectivity index (χ2v) is 8.02. The van der Waals surface area contributed by atoms with E-state index in [2.05, 4.69) is 5.32 Å². The largest absolute Gasteiger partial charge is 0.508 e. The van der Waals surface area contributed by atoms with E-state index < -0.39 is 23.7 Å². The van der Waals surface area contributed by atoms with Crippen molar-refractivity contribution in [3.63, 3.8) is 0 Å². The van der Waals surface area contributed by atoms with Crippen LogP contribution in [0.5, 0.6) is 11.5 Å². The summed E-state index contributed by atoms with van der Waals surface area (Å²) in [5.74, 6) is -2.06. The normalized spacial score (nSPS) is 15.0. The van der Waals surface area contributed by atoms with Gasteiger partial charge in [0.1, 0.15) is 23.7 Å². The van der Waals surface area contributed by atoms with E-state index in [-0.39, 0.29) is 39.4 Å². The molecule has 0 atom stereocenters. The third kappa shape index (κ3) is 4.88. The fraction of sp³-hybridized carbons (Fsp3) is 0.0417. The Kier molecular flexibility index (Phi) is 6.54. The number of barbiturate groups is 1. The van der Waals surface area contributed by atoms with Crippen LogP contribution in [0.2, 0.25) is 10.0 Å². The number of phenolic OH excluding ortho intramolecular Hbond substituents is 1. The summed E-state index contributed by atoms with van der Waals surface area (Å²) in [7, 11) is 0. The molecule has 0 spiro atoms. The minimum atomic E-state index is -0.921. The van der Waals surface area contributed by atoms with Gasteiger partial charge in [-0.2, -0.15) is 0 Å². The van der Waals surface area contributed by atoms with Gasteiger partial charge in [0.15, 0.2) is 5.75 Å². The molecule has 1 saturated heterocycles. The van der Waals surface area contributed by atoms with Crippen molar-refractivity contribution in [2.75, 3.05) is 4.90 Å². The number of nitrogens with one attached hydrogen (secondary N) is 1. The van der Waals surface area contributed by atoms with E-state index in [9.17, 15) is 23.9 Å². The zero-order chi connectivity index (χ0) is 24.4. The maximum absolute atomic E-state index is 13.4. The lowest BCUT2D eigenvalue weighted by atomic mass is 10.1. The molecule has 0 aromatic heterocycles. The number of ether oxygens (including phenoxy) is 1. The molecule has 0 radical (unpaired) electrons. The van der Waals surface area contributed by atoms with E-state index in [1.807, 2.05) is 0 Å². The smallest absolute Gasteiger partial charge is 0.335 e. The number of benzene rings is 3. The van der Waals surface area contributed by atoms with Crippen LogP contribution in [-0.4, -0.2) is 23.0 Å². The van der Waals surface area contributed by atoms with E-state index in [1.54, 1.807) is 12.1 Å². The van der Waals surface area contributed by atoms with Crippen LogP contribution < -0.4 is 15.0 Å². The van der Waals surface area contributed by atoms with Crippen molar-refractivity contribution in [3.05, 3.63) is 93.2 Å². The summed E-state index contributed by atoms with van der Waals surface area (Å²) >= 11 is 12.6. The summed E-state index contributed by atoms with van der Waals surface area (Å²) in [6.07, 6.45) is 1.24. The predicted molar refractivity (Wildman–Crippen MR) is 124 cm³/mol. The molecule has 1 fully saturated rings. The highest BCUT2D eigenvalue weighted by atomic mass is 35.5. The van der Waals surface area contributed by atoms with Gasteiger partial charge >= 0.3 is 6.03 Å². The number of anilines is 1. The number of carbonyl (C=O) groups excluding carboxylic acids is 3. The Bertz CT molecular complexity index is 1320. The summed E-state index contributed by atoms with van der Waals surface area (Å²) in [6.45, 7) is 0.0161. The number of aromatic hydroxyl groups is 1. The first-order valence-electron chi connectivity index (χ1n) is 9.79. The van der Waals surface area contributed by atoms with Gasteiger partial charge in [0.05, 0.1) is 15.7 Å². The number of halogens is 3. The number of amides is 4. The molecule has 1 heterocycles. The van der Waals surface area contributed by atoms with Crippen molar-refractivity contribution in [2.45, 2.75) is 6.61 Å². The lowest BCUT2D eigenvalue weighted by molar-refractivity contribution is -0.122. The van der Waals surface area contributed by atoms with E-state index >= 15 is 0 Å². The van der Waals surface area contributed by atoms with Gasteiger partial charge in [-0.05, 0) is 65.7 Å². The summed E-state index contributed by atoms with van der Waals surface area (Å²) in [4.78, 5) is 38.3. The van der Waals surface area contributed by atoms with Crippen LogP contribution in [0.15, 0.2) is 66.2 Å². The molecule has 172 valence electrons. The maximum atomic E-state index is 13.4. The molecule has 2 N–H and O–H groups in total. The molecule has 0 bridgehead atoms. The summed E-state index contributed by atoms with van der Waals surface area (Å²) < 4.78 is 19.0. The first kappa shape index (κ1) is 23.3. The average Bonchev–Trinajstić information content (AvgIpc) is 2.77. The lowest BCUT2D eigenvalue weighted by Crippen LogP contribution is -2.54. The van der Waals surface area contributed by atoms with Gasteiger partial charge in [0.2, 0.25) is 0 Å². The maximum Gasteiger partial charge on any atom is 0.335 e. The molecule has 4 rings (SSSR count). The van der Waals surface area contributed by atoms with E-state index in [0.717, 1.165) is 4.90 Å². The summed E-state index contributed by atoms with van der Waals surface area (Å²) in [5.41, 5.74) is 0.720. The number of rotatable bonds is 5. The second kappa shape index (κ2) is 9.54. The monoisotopic (exact) mass is 500 g/mol. The number of phenols is 1. The molecule has 3 aromatic rings. The van der Waals surface area contributed by atoms with Crippen molar-refractivity contribution in [2.24, 2.45) is 0 Å². The second-order valence-electron chi connectivity index (χ2n) is 7.21. The minimum absolute atomic E-state index is 0.0161. The minimum Gasteiger partial charge on any atom is -0.508 e. The first-order valence-corrected chi connectivity index (χ1v) is 10.6. The molecule has 0 saturated carbocycles. The number of hydrogen-bond donors (Lipinski definition) is 2. The highest BCUT2D eigenvalue weighted by Crippen LogP contribution is 2.36. The number of urea groups is 1. The third-order valence-electron chi connectivity index (χ3n) is 4.81. The topological polar surface area (TPSA) is 95.9 Å². The quantitative estimate of drug-likeness (QED) is 0.376. The number of carbonyl (C=O) groups is 3. The van der Waals surface area contributed by atoms with E-state index in [4.69, 9.17) is 27.9 Å². The number of hydrogen-bond acceptors (Lipinski definition) is 5. The van der Waals surface area contributed by atoms with Gasteiger partial charge in [-0.3, -0.25) is 14.9 Å². The molecule has 1 aliphatic rings. The Morgan fingerprint density at radius 1 is 1.00 bits per heavy atom. The van der Waals surface area contributed by atoms with Gasteiger partial charge in [-0.15, -0.1) is 0 Å². The molecular formula is C24H15Cl2FN2O5. The van der Waals surface area contributed by atoms with E-state index in [0.29, 0.717) is 11.1 Å². The van der Waals surface area contributed by atoms with Crippen molar-refractivity contribution in [1.82, 2.24) is 5.32 Å². The Morgan fingerprint density at radius 2 is 1.68 bits per heavy atom. The summed E-state index contributed by atoms with van der Waals surface area (Å²) in [5, 5.41) is 11.8. The van der Waals surface area contributed by atoms with Gasteiger partial charge in [-0.25, -0.2) is 14.1 Å². The first-order chi connectivity index (χ1) is 16.2. The van der Waals surface area contributed by atoms with Crippen LogP contribution in [0.25, 0.3) is 6.08 Å². The Labute approximate surface area is 203 Å². The number of imide groups is 2. The van der Waals surface area contributed by atoms with Crippen LogP contribution in [0.1, 0.15) is 11.1 Å². The van der Waals surface area contributed by atoms with Crippen molar-refractivity contribution < 1.29 is 28.6 Å². The zero-order valence-corrected chi connectivity index (χ0v) is 18.7. The van der Waals surface area contributed by atoms with Crippen molar-refractivity contribution in [3.8, 4) is 11.5 Å². The molecule has 0 aliphatic carbocycles. The number of nitrogens with zero attached hydrogens (tertiary/aromatic N) is 1. The molecule has 10 heteroatoms. The van der Waals surface area contributed by atoms with Crippen LogP contribution in [0.4, 0.5) is 14.9 Å². The van der Waals surface area contributed by atoms with Crippen molar-refractivity contribution >= 4 is 52.8 Å². The van der Waals surface area contributed by atoms with Gasteiger partial charge in [0.25, 0.3) is 11.8 Å². The van der Waals surface area contributed by atoms with Crippen LogP contribution in [0, 0.1) is 5.82 Å². The highest BCUT2D eigenvalue weighted by molar-refractivity contribution is 6.40. The molecule has 0 unspecified atom stereocenters.